The number of methoxy groups -OCH3 is 1. The molecule has 1 aromatic carbocycles. The van der Waals surface area contributed by atoms with Crippen molar-refractivity contribution in [3.05, 3.63) is 23.8 Å². The van der Waals surface area contributed by atoms with Gasteiger partial charge >= 0.3 is 0 Å². The number of nitriles is 3. The van der Waals surface area contributed by atoms with Crippen LogP contribution in [0.15, 0.2) is 18.2 Å². The first-order chi connectivity index (χ1) is 13.8. The number of rotatable bonds is 5. The van der Waals surface area contributed by atoms with Gasteiger partial charge in [0.2, 0.25) is 17.1 Å². The van der Waals surface area contributed by atoms with Crippen LogP contribution in [0.2, 0.25) is 0 Å². The molecular weight excluding hydrogens is 372 g/mol. The van der Waals surface area contributed by atoms with Gasteiger partial charge in [0, 0.05) is 6.92 Å². The number of benzene rings is 1. The molecule has 29 heavy (non-hydrogen) atoms. The van der Waals surface area contributed by atoms with Crippen molar-refractivity contribution in [2.75, 3.05) is 13.7 Å². The van der Waals surface area contributed by atoms with E-state index in [4.69, 9.17) is 24.4 Å². The molecule has 150 valence electrons. The molecular formula is C21H22N4O4. The van der Waals surface area contributed by atoms with Crippen molar-refractivity contribution in [3.63, 3.8) is 0 Å². The molecule has 2 fully saturated rings. The van der Waals surface area contributed by atoms with Crippen molar-refractivity contribution >= 4 is 5.90 Å². The third-order valence-corrected chi connectivity index (χ3v) is 5.91. The summed E-state index contributed by atoms with van der Waals surface area (Å²) >= 11 is 0. The summed E-state index contributed by atoms with van der Waals surface area (Å²) in [5.41, 5.74) is -3.27. The second kappa shape index (κ2) is 6.95. The van der Waals surface area contributed by atoms with E-state index in [1.807, 2.05) is 26.0 Å². The summed E-state index contributed by atoms with van der Waals surface area (Å²) in [4.78, 5) is 0. The average Bonchev–Trinajstić information content (AvgIpc) is 2.90. The Bertz CT molecular complexity index is 958. The van der Waals surface area contributed by atoms with E-state index in [-0.39, 0.29) is 0 Å². The lowest BCUT2D eigenvalue weighted by atomic mass is 9.53. The highest BCUT2D eigenvalue weighted by molar-refractivity contribution is 5.89. The maximum atomic E-state index is 10.2. The van der Waals surface area contributed by atoms with Gasteiger partial charge in [0.25, 0.3) is 0 Å². The Morgan fingerprint density at radius 1 is 1.14 bits per heavy atom. The Kier molecular flexibility index (Phi) is 4.91. The minimum absolute atomic E-state index is 0.400. The molecule has 2 bridgehead atoms. The molecule has 1 aromatic rings. The molecule has 2 heterocycles. The Labute approximate surface area is 169 Å². The van der Waals surface area contributed by atoms with Crippen molar-refractivity contribution in [2.45, 2.75) is 39.1 Å². The Morgan fingerprint density at radius 2 is 1.83 bits per heavy atom. The molecule has 4 atom stereocenters. The van der Waals surface area contributed by atoms with Crippen LogP contribution in [0.25, 0.3) is 0 Å². The summed E-state index contributed by atoms with van der Waals surface area (Å²) in [6, 6.07) is 11.1. The zero-order valence-electron chi connectivity index (χ0n) is 16.8. The molecule has 2 saturated heterocycles. The van der Waals surface area contributed by atoms with Crippen molar-refractivity contribution in [3.8, 4) is 29.7 Å². The lowest BCUT2D eigenvalue weighted by Gasteiger charge is -2.48. The molecule has 0 aliphatic carbocycles. The fourth-order valence-electron chi connectivity index (χ4n) is 4.65. The van der Waals surface area contributed by atoms with E-state index in [0.29, 0.717) is 30.1 Å². The topological polar surface area (TPSA) is 132 Å². The summed E-state index contributed by atoms with van der Waals surface area (Å²) < 4.78 is 22.8. The van der Waals surface area contributed by atoms with Crippen LogP contribution in [0.4, 0.5) is 0 Å². The Balaban J connectivity index is 2.27. The van der Waals surface area contributed by atoms with E-state index in [0.717, 1.165) is 0 Å². The van der Waals surface area contributed by atoms with Crippen molar-refractivity contribution in [2.24, 2.45) is 16.7 Å². The van der Waals surface area contributed by atoms with E-state index in [9.17, 15) is 15.8 Å². The summed E-state index contributed by atoms with van der Waals surface area (Å²) in [5, 5.41) is 38.9. The van der Waals surface area contributed by atoms with Gasteiger partial charge in [-0.1, -0.05) is 13.0 Å². The van der Waals surface area contributed by atoms with E-state index >= 15 is 0 Å². The summed E-state index contributed by atoms with van der Waals surface area (Å²) in [5.74, 6) is -1.44. The second-order valence-electron chi connectivity index (χ2n) is 7.20. The fourth-order valence-corrected chi connectivity index (χ4v) is 4.65. The third kappa shape index (κ3) is 2.41. The van der Waals surface area contributed by atoms with Crippen molar-refractivity contribution in [1.29, 1.82) is 21.2 Å². The Hall–Kier alpha value is -3.28. The van der Waals surface area contributed by atoms with Crippen LogP contribution in [0.1, 0.15) is 38.9 Å². The van der Waals surface area contributed by atoms with Crippen LogP contribution in [-0.2, 0) is 9.47 Å². The van der Waals surface area contributed by atoms with Crippen LogP contribution in [0, 0.1) is 56.2 Å². The maximum absolute atomic E-state index is 10.2. The number of nitrogens with zero attached hydrogens (tertiary/aromatic N) is 3. The lowest BCUT2D eigenvalue weighted by Crippen LogP contribution is -2.58. The van der Waals surface area contributed by atoms with Gasteiger partial charge in [-0.3, -0.25) is 5.41 Å². The smallest absolute Gasteiger partial charge is 0.214 e. The maximum Gasteiger partial charge on any atom is 0.214 e. The number of fused-ring (bicyclic) bond motifs is 2. The number of ether oxygens (including phenoxy) is 4. The SMILES string of the molecule is CCOc1ccc(C2OC3(C)OC(=N)C(C#N)(C3CC)C2(C#N)C#N)cc1OC. The standard InChI is InChI=1S/C21H22N4O4/c1-5-16-19(3)28-17(13-7-8-14(27-6-2)15(9-13)26-4)20(10-22,11-23)21(16,12-24)18(25)29-19/h7-9,16-17,25H,5-6H2,1-4H3. The van der Waals surface area contributed by atoms with Crippen LogP contribution in [-0.4, -0.2) is 25.4 Å². The molecule has 1 N–H and O–H groups in total. The molecule has 4 unspecified atom stereocenters. The average molecular weight is 394 g/mol. The van der Waals surface area contributed by atoms with Crippen LogP contribution in [0.3, 0.4) is 0 Å². The molecule has 2 aliphatic rings. The van der Waals surface area contributed by atoms with E-state index in [1.165, 1.54) is 7.11 Å². The molecule has 0 aromatic heterocycles. The van der Waals surface area contributed by atoms with Crippen LogP contribution < -0.4 is 9.47 Å². The van der Waals surface area contributed by atoms with Gasteiger partial charge in [-0.15, -0.1) is 0 Å². The first-order valence-electron chi connectivity index (χ1n) is 9.34. The first kappa shape index (κ1) is 20.5. The number of hydrogen-bond acceptors (Lipinski definition) is 8. The fraction of sp³-hybridized carbons (Fsp3) is 0.524. The van der Waals surface area contributed by atoms with Gasteiger partial charge in [-0.2, -0.15) is 15.8 Å². The van der Waals surface area contributed by atoms with Gasteiger partial charge in [0.1, 0.15) is 6.10 Å². The molecule has 8 heteroatoms. The van der Waals surface area contributed by atoms with Crippen molar-refractivity contribution < 1.29 is 18.9 Å². The van der Waals surface area contributed by atoms with Gasteiger partial charge in [-0.25, -0.2) is 0 Å². The largest absolute Gasteiger partial charge is 0.493 e. The molecule has 0 amide bonds. The molecule has 8 nitrogen and oxygen atoms in total. The lowest BCUT2D eigenvalue weighted by molar-refractivity contribution is -0.273. The van der Waals surface area contributed by atoms with Gasteiger partial charge in [0.05, 0.1) is 37.8 Å². The molecule has 2 aliphatic heterocycles. The van der Waals surface area contributed by atoms with Crippen LogP contribution >= 0.6 is 0 Å². The van der Waals surface area contributed by atoms with E-state index in [2.05, 4.69) is 6.07 Å². The summed E-state index contributed by atoms with van der Waals surface area (Å²) in [7, 11) is 1.49. The van der Waals surface area contributed by atoms with Gasteiger partial charge < -0.3 is 18.9 Å². The highest BCUT2D eigenvalue weighted by Crippen LogP contribution is 2.67. The monoisotopic (exact) mass is 394 g/mol. The van der Waals surface area contributed by atoms with Gasteiger partial charge in [0.15, 0.2) is 16.9 Å². The second-order valence-corrected chi connectivity index (χ2v) is 7.20. The third-order valence-electron chi connectivity index (χ3n) is 5.91. The van der Waals surface area contributed by atoms with Gasteiger partial charge in [-0.05, 0) is 31.0 Å². The van der Waals surface area contributed by atoms with Crippen molar-refractivity contribution in [1.82, 2.24) is 0 Å². The summed E-state index contributed by atoms with van der Waals surface area (Å²) in [6.45, 7) is 5.75. The highest BCUT2D eigenvalue weighted by Gasteiger charge is 2.78. The van der Waals surface area contributed by atoms with Crippen LogP contribution in [0.5, 0.6) is 11.5 Å². The predicted molar refractivity (Wildman–Crippen MR) is 101 cm³/mol. The molecule has 3 rings (SSSR count). The zero-order valence-corrected chi connectivity index (χ0v) is 16.8. The molecule has 0 spiro atoms. The predicted octanol–water partition coefficient (Wildman–Crippen LogP) is 3.46. The molecule has 0 saturated carbocycles. The normalized spacial score (nSPS) is 31.7. The highest BCUT2D eigenvalue weighted by atomic mass is 16.7. The Morgan fingerprint density at radius 3 is 2.34 bits per heavy atom. The minimum atomic E-state index is -1.98. The quantitative estimate of drug-likeness (QED) is 0.808. The zero-order chi connectivity index (χ0) is 21.4. The minimum Gasteiger partial charge on any atom is -0.493 e. The molecule has 0 radical (unpaired) electrons. The summed E-state index contributed by atoms with van der Waals surface area (Å²) in [6.07, 6.45) is -0.728. The number of nitrogens with one attached hydrogen (secondary N) is 1. The number of hydrogen-bond donors (Lipinski definition) is 1. The first-order valence-corrected chi connectivity index (χ1v) is 9.34. The van der Waals surface area contributed by atoms with E-state index in [1.54, 1.807) is 25.1 Å². The van der Waals surface area contributed by atoms with E-state index < -0.39 is 34.5 Å².